The van der Waals surface area contributed by atoms with Crippen LogP contribution in [0, 0.1) is 6.92 Å². The molecule has 0 aliphatic rings. The summed E-state index contributed by atoms with van der Waals surface area (Å²) >= 11 is 0. The van der Waals surface area contributed by atoms with Gasteiger partial charge < -0.3 is 37.2 Å². The number of unbranched alkanes of at least 4 members (excludes halogenated alkanes) is 1. The Kier molecular flexibility index (Phi) is 14.2. The van der Waals surface area contributed by atoms with Gasteiger partial charge in [-0.25, -0.2) is 14.4 Å². The van der Waals surface area contributed by atoms with Crippen molar-refractivity contribution >= 4 is 46.8 Å². The van der Waals surface area contributed by atoms with Crippen molar-refractivity contribution in [2.24, 2.45) is 5.73 Å². The number of anilines is 3. The largest absolute Gasteiger partial charge is 0.490 e. The first-order valence-electron chi connectivity index (χ1n) is 13.9. The molecule has 15 heteroatoms. The molecule has 1 atom stereocenters. The highest BCUT2D eigenvalue weighted by atomic mass is 19.4. The fraction of sp³-hybridized carbons (Fsp3) is 0.258. The summed E-state index contributed by atoms with van der Waals surface area (Å²) in [7, 11) is 0. The fourth-order valence-electron chi connectivity index (χ4n) is 3.82. The van der Waals surface area contributed by atoms with E-state index in [2.05, 4.69) is 21.3 Å². The van der Waals surface area contributed by atoms with E-state index in [-0.39, 0.29) is 23.9 Å². The van der Waals surface area contributed by atoms with Gasteiger partial charge in [-0.15, -0.1) is 0 Å². The SMILES string of the molecule is Cc1ccccc1NC(=O)Nc1ccc(CC(=O)N[C@H](CCCCN)C(=O)Nc2ccc(C(=O)O)cc2)cc1.O=C(O)C(F)(F)F. The van der Waals surface area contributed by atoms with E-state index >= 15 is 0 Å². The summed E-state index contributed by atoms with van der Waals surface area (Å²) in [5.74, 6) is -4.55. The number of carboxylic acids is 2. The molecule has 246 valence electrons. The van der Waals surface area contributed by atoms with Gasteiger partial charge in [0.2, 0.25) is 11.8 Å². The minimum Gasteiger partial charge on any atom is -0.478 e. The molecule has 0 spiro atoms. The van der Waals surface area contributed by atoms with E-state index in [9.17, 15) is 32.3 Å². The van der Waals surface area contributed by atoms with Crippen molar-refractivity contribution in [1.82, 2.24) is 5.32 Å². The van der Waals surface area contributed by atoms with Crippen molar-refractivity contribution in [3.63, 3.8) is 0 Å². The van der Waals surface area contributed by atoms with Gasteiger partial charge in [-0.1, -0.05) is 30.3 Å². The number of benzene rings is 3. The predicted molar refractivity (Wildman–Crippen MR) is 165 cm³/mol. The lowest BCUT2D eigenvalue weighted by Crippen LogP contribution is -2.44. The number of carbonyl (C=O) groups is 5. The summed E-state index contributed by atoms with van der Waals surface area (Å²) < 4.78 is 31.7. The predicted octanol–water partition coefficient (Wildman–Crippen LogP) is 4.77. The van der Waals surface area contributed by atoms with E-state index < -0.39 is 30.1 Å². The number of nitrogens with one attached hydrogen (secondary N) is 4. The number of aromatic carboxylic acids is 1. The Morgan fingerprint density at radius 3 is 1.91 bits per heavy atom. The zero-order chi connectivity index (χ0) is 34.3. The number of nitrogens with two attached hydrogens (primary N) is 1. The lowest BCUT2D eigenvalue weighted by Gasteiger charge is -2.19. The van der Waals surface area contributed by atoms with E-state index in [1.54, 1.807) is 24.3 Å². The Morgan fingerprint density at radius 1 is 0.804 bits per heavy atom. The lowest BCUT2D eigenvalue weighted by molar-refractivity contribution is -0.192. The van der Waals surface area contributed by atoms with Crippen LogP contribution in [0.5, 0.6) is 0 Å². The molecule has 0 radical (unpaired) electrons. The summed E-state index contributed by atoms with van der Waals surface area (Å²) in [5, 5.41) is 27.2. The molecule has 12 nitrogen and oxygen atoms in total. The number of alkyl halides is 3. The van der Waals surface area contributed by atoms with Crippen LogP contribution < -0.4 is 27.0 Å². The molecule has 4 amide bonds. The molecule has 0 saturated heterocycles. The van der Waals surface area contributed by atoms with Crippen molar-refractivity contribution < 1.29 is 47.4 Å². The quantitative estimate of drug-likeness (QED) is 0.137. The standard InChI is InChI=1S/C29H33N5O5.C2HF3O2/c1-19-6-2-3-7-24(19)34-29(39)32-23-13-9-20(10-14-23)18-26(35)33-25(8-4-5-17-30)27(36)31-22-15-11-21(12-16-22)28(37)38;3-2(4,5)1(6)7/h2-3,6-7,9-16,25H,4-5,8,17-18,30H2,1H3,(H,31,36)(H,33,35)(H,37,38)(H2,32,34,39);(H,6,7)/t25-;/m1./s1. The van der Waals surface area contributed by atoms with Crippen LogP contribution in [0.3, 0.4) is 0 Å². The molecule has 0 fully saturated rings. The molecular weight excluding hydrogens is 611 g/mol. The maximum absolute atomic E-state index is 12.9. The lowest BCUT2D eigenvalue weighted by atomic mass is 10.1. The number of hydrogen-bond donors (Lipinski definition) is 7. The second-order valence-corrected chi connectivity index (χ2v) is 9.85. The first-order chi connectivity index (χ1) is 21.7. The van der Waals surface area contributed by atoms with Crippen LogP contribution in [0.4, 0.5) is 35.0 Å². The number of amides is 4. The first kappa shape index (κ1) is 36.8. The Morgan fingerprint density at radius 2 is 1.37 bits per heavy atom. The number of rotatable bonds is 12. The van der Waals surface area contributed by atoms with Crippen molar-refractivity contribution in [1.29, 1.82) is 0 Å². The summed E-state index contributed by atoms with van der Waals surface area (Å²) in [6, 6.07) is 18.9. The van der Waals surface area contributed by atoms with Crippen molar-refractivity contribution in [2.45, 2.75) is 44.8 Å². The molecule has 3 aromatic rings. The normalized spacial score (nSPS) is 11.2. The summed E-state index contributed by atoms with van der Waals surface area (Å²) in [4.78, 5) is 57.9. The zero-order valence-corrected chi connectivity index (χ0v) is 24.7. The Labute approximate surface area is 262 Å². The molecule has 0 aliphatic carbocycles. The van der Waals surface area contributed by atoms with Gasteiger partial charge in [0.15, 0.2) is 0 Å². The summed E-state index contributed by atoms with van der Waals surface area (Å²) in [6.07, 6.45) is -3.28. The van der Waals surface area contributed by atoms with E-state index in [4.69, 9.17) is 20.7 Å². The first-order valence-corrected chi connectivity index (χ1v) is 13.9. The van der Waals surface area contributed by atoms with Crippen molar-refractivity contribution in [3.8, 4) is 0 Å². The molecule has 0 saturated carbocycles. The van der Waals surface area contributed by atoms with Gasteiger partial charge in [0, 0.05) is 17.1 Å². The molecule has 3 rings (SSSR count). The molecule has 46 heavy (non-hydrogen) atoms. The minimum absolute atomic E-state index is 0.0453. The number of para-hydroxylation sites is 1. The Hall–Kier alpha value is -5.44. The highest BCUT2D eigenvalue weighted by Crippen LogP contribution is 2.16. The third-order valence-electron chi connectivity index (χ3n) is 6.21. The fourth-order valence-corrected chi connectivity index (χ4v) is 3.82. The Bertz CT molecular complexity index is 1500. The molecule has 0 aromatic heterocycles. The highest BCUT2D eigenvalue weighted by molar-refractivity contribution is 6.00. The number of aliphatic carboxylic acids is 1. The van der Waals surface area contributed by atoms with Crippen LogP contribution >= 0.6 is 0 Å². The highest BCUT2D eigenvalue weighted by Gasteiger charge is 2.38. The number of carboxylic acid groups (broad SMARTS) is 2. The maximum atomic E-state index is 12.9. The molecule has 0 bridgehead atoms. The number of aryl methyl sites for hydroxylation is 1. The Balaban J connectivity index is 0.000000942. The number of urea groups is 1. The van der Waals surface area contributed by atoms with E-state index in [1.807, 2.05) is 31.2 Å². The van der Waals surface area contributed by atoms with Gasteiger partial charge in [0.05, 0.1) is 12.0 Å². The zero-order valence-electron chi connectivity index (χ0n) is 24.7. The monoisotopic (exact) mass is 645 g/mol. The van der Waals surface area contributed by atoms with Gasteiger partial charge >= 0.3 is 24.1 Å². The molecular formula is C31H34F3N5O7. The number of carbonyl (C=O) groups excluding carboxylic acids is 3. The van der Waals surface area contributed by atoms with E-state index in [0.29, 0.717) is 48.4 Å². The van der Waals surface area contributed by atoms with Crippen molar-refractivity contribution in [3.05, 3.63) is 89.5 Å². The van der Waals surface area contributed by atoms with E-state index in [0.717, 1.165) is 5.56 Å². The van der Waals surface area contributed by atoms with Gasteiger partial charge in [-0.05, 0) is 86.3 Å². The van der Waals surface area contributed by atoms with Gasteiger partial charge in [0.1, 0.15) is 6.04 Å². The third kappa shape index (κ3) is 13.1. The average Bonchev–Trinajstić information content (AvgIpc) is 2.99. The minimum atomic E-state index is -5.08. The van der Waals surface area contributed by atoms with Crippen molar-refractivity contribution in [2.75, 3.05) is 22.5 Å². The molecule has 0 aliphatic heterocycles. The topological polar surface area (TPSA) is 200 Å². The van der Waals surface area contributed by atoms with Crippen LogP contribution in [0.1, 0.15) is 40.7 Å². The van der Waals surface area contributed by atoms with E-state index in [1.165, 1.54) is 24.3 Å². The number of hydrogen-bond acceptors (Lipinski definition) is 6. The molecule has 0 unspecified atom stereocenters. The smallest absolute Gasteiger partial charge is 0.478 e. The van der Waals surface area contributed by atoms with Crippen LogP contribution in [-0.4, -0.2) is 58.8 Å². The van der Waals surface area contributed by atoms with Gasteiger partial charge in [-0.2, -0.15) is 13.2 Å². The molecule has 3 aromatic carbocycles. The third-order valence-corrected chi connectivity index (χ3v) is 6.21. The second-order valence-electron chi connectivity index (χ2n) is 9.85. The van der Waals surface area contributed by atoms with Crippen LogP contribution in [0.15, 0.2) is 72.8 Å². The molecule has 8 N–H and O–H groups in total. The summed E-state index contributed by atoms with van der Waals surface area (Å²) in [6.45, 7) is 2.38. The van der Waals surface area contributed by atoms with Gasteiger partial charge in [0.25, 0.3) is 0 Å². The second kappa shape index (κ2) is 17.8. The number of halogens is 3. The maximum Gasteiger partial charge on any atom is 0.490 e. The van der Waals surface area contributed by atoms with Crippen LogP contribution in [0.2, 0.25) is 0 Å². The summed E-state index contributed by atoms with van der Waals surface area (Å²) in [5.41, 5.74) is 9.05. The van der Waals surface area contributed by atoms with Crippen LogP contribution in [0.25, 0.3) is 0 Å². The van der Waals surface area contributed by atoms with Gasteiger partial charge in [-0.3, -0.25) is 9.59 Å². The average molecular weight is 646 g/mol. The van der Waals surface area contributed by atoms with Crippen LogP contribution in [-0.2, 0) is 20.8 Å². The molecule has 0 heterocycles.